The van der Waals surface area contributed by atoms with Crippen molar-refractivity contribution in [3.63, 3.8) is 0 Å². The Kier molecular flexibility index (Phi) is 3.54. The molecular weight excluding hydrogens is 200 g/mol. The van der Waals surface area contributed by atoms with E-state index in [1.54, 1.807) is 18.5 Å². The third-order valence-electron chi connectivity index (χ3n) is 3.37. The van der Waals surface area contributed by atoms with E-state index >= 15 is 0 Å². The van der Waals surface area contributed by atoms with Gasteiger partial charge in [-0.25, -0.2) is 0 Å². The Labute approximate surface area is 96.1 Å². The molecule has 0 spiro atoms. The lowest BCUT2D eigenvalue weighted by Crippen LogP contribution is -2.20. The van der Waals surface area contributed by atoms with E-state index in [2.05, 4.69) is 4.98 Å². The molecule has 86 valence electrons. The summed E-state index contributed by atoms with van der Waals surface area (Å²) in [4.78, 5) is 16.0. The van der Waals surface area contributed by atoms with Crippen LogP contribution in [0.1, 0.15) is 37.7 Å². The van der Waals surface area contributed by atoms with Gasteiger partial charge in [0.15, 0.2) is 0 Å². The van der Waals surface area contributed by atoms with Crippen LogP contribution >= 0.6 is 0 Å². The fourth-order valence-corrected chi connectivity index (χ4v) is 2.34. The lowest BCUT2D eigenvalue weighted by Gasteiger charge is -2.20. The third-order valence-corrected chi connectivity index (χ3v) is 3.37. The largest absolute Gasteiger partial charge is 0.398 e. The zero-order chi connectivity index (χ0) is 11.4. The zero-order valence-electron chi connectivity index (χ0n) is 9.48. The van der Waals surface area contributed by atoms with Gasteiger partial charge in [-0.2, -0.15) is 0 Å². The zero-order valence-corrected chi connectivity index (χ0v) is 9.48. The number of pyridine rings is 1. The molecule has 0 amide bonds. The number of ketones is 1. The molecule has 16 heavy (non-hydrogen) atoms. The average molecular weight is 218 g/mol. The van der Waals surface area contributed by atoms with Crippen LogP contribution in [0.5, 0.6) is 0 Å². The number of hydrogen-bond donors (Lipinski definition) is 1. The van der Waals surface area contributed by atoms with Crippen molar-refractivity contribution >= 4 is 11.5 Å². The highest BCUT2D eigenvalue weighted by Gasteiger charge is 2.21. The van der Waals surface area contributed by atoms with Gasteiger partial charge in [0, 0.05) is 36.0 Å². The van der Waals surface area contributed by atoms with Gasteiger partial charge in [-0.15, -0.1) is 0 Å². The predicted molar refractivity (Wildman–Crippen MR) is 63.9 cm³/mol. The molecule has 3 nitrogen and oxygen atoms in total. The number of rotatable bonds is 3. The van der Waals surface area contributed by atoms with Crippen molar-refractivity contribution < 1.29 is 4.79 Å². The van der Waals surface area contributed by atoms with E-state index in [0.717, 1.165) is 18.4 Å². The summed E-state index contributed by atoms with van der Waals surface area (Å²) in [7, 11) is 0. The first-order chi connectivity index (χ1) is 7.77. The number of nitrogen functional groups attached to an aromatic ring is 1. The summed E-state index contributed by atoms with van der Waals surface area (Å²) in [5.74, 6) is 0.591. The minimum absolute atomic E-state index is 0.258. The second-order valence-electron chi connectivity index (χ2n) is 4.55. The van der Waals surface area contributed by atoms with Gasteiger partial charge in [-0.05, 0) is 18.9 Å². The smallest absolute Gasteiger partial charge is 0.140 e. The van der Waals surface area contributed by atoms with Crippen LogP contribution in [0, 0.1) is 5.92 Å². The Balaban J connectivity index is 1.99. The standard InChI is InChI=1S/C13H18N2O/c14-12-6-7-15-9-11(12)8-13(16)10-4-2-1-3-5-10/h6-7,9-10H,1-5,8H2,(H2,14,15). The fraction of sp³-hybridized carbons (Fsp3) is 0.538. The number of Topliss-reactive ketones (excluding diaryl/α,β-unsaturated/α-hetero) is 1. The highest BCUT2D eigenvalue weighted by atomic mass is 16.1. The summed E-state index contributed by atoms with van der Waals surface area (Å²) >= 11 is 0. The molecule has 1 aliphatic carbocycles. The van der Waals surface area contributed by atoms with Crippen molar-refractivity contribution in [3.05, 3.63) is 24.0 Å². The molecule has 0 atom stereocenters. The molecule has 1 heterocycles. The minimum atomic E-state index is 0.258. The van der Waals surface area contributed by atoms with Crippen molar-refractivity contribution in [3.8, 4) is 0 Å². The molecule has 0 aromatic carbocycles. The van der Waals surface area contributed by atoms with Gasteiger partial charge in [-0.3, -0.25) is 9.78 Å². The van der Waals surface area contributed by atoms with Crippen LogP contribution in [0.4, 0.5) is 5.69 Å². The molecule has 1 aromatic heterocycles. The van der Waals surface area contributed by atoms with Crippen LogP contribution in [0.15, 0.2) is 18.5 Å². The van der Waals surface area contributed by atoms with Crippen LogP contribution in [-0.2, 0) is 11.2 Å². The number of hydrogen-bond acceptors (Lipinski definition) is 3. The van der Waals surface area contributed by atoms with E-state index in [1.165, 1.54) is 19.3 Å². The SMILES string of the molecule is Nc1ccncc1CC(=O)C1CCCCC1. The molecule has 0 radical (unpaired) electrons. The van der Waals surface area contributed by atoms with Crippen molar-refractivity contribution in [2.45, 2.75) is 38.5 Å². The average Bonchev–Trinajstić information content (AvgIpc) is 2.33. The van der Waals surface area contributed by atoms with Crippen LogP contribution in [0.2, 0.25) is 0 Å². The minimum Gasteiger partial charge on any atom is -0.398 e. The molecule has 1 aliphatic rings. The molecule has 2 N–H and O–H groups in total. The molecular formula is C13H18N2O. The van der Waals surface area contributed by atoms with E-state index in [9.17, 15) is 4.79 Å². The molecule has 3 heteroatoms. The van der Waals surface area contributed by atoms with Crippen molar-refractivity contribution in [2.75, 3.05) is 5.73 Å². The summed E-state index contributed by atoms with van der Waals surface area (Å²) in [5, 5.41) is 0. The quantitative estimate of drug-likeness (QED) is 0.847. The van der Waals surface area contributed by atoms with Gasteiger partial charge >= 0.3 is 0 Å². The van der Waals surface area contributed by atoms with Crippen molar-refractivity contribution in [1.29, 1.82) is 0 Å². The first-order valence-electron chi connectivity index (χ1n) is 5.98. The number of carbonyl (C=O) groups is 1. The van der Waals surface area contributed by atoms with Crippen LogP contribution < -0.4 is 5.73 Å². The first-order valence-corrected chi connectivity index (χ1v) is 5.98. The highest BCUT2D eigenvalue weighted by molar-refractivity contribution is 5.84. The Morgan fingerprint density at radius 1 is 1.38 bits per heavy atom. The predicted octanol–water partition coefficient (Wildman–Crippen LogP) is 2.36. The number of nitrogens with zero attached hydrogens (tertiary/aromatic N) is 1. The molecule has 0 saturated heterocycles. The Morgan fingerprint density at radius 3 is 2.81 bits per heavy atom. The number of carbonyl (C=O) groups excluding carboxylic acids is 1. The summed E-state index contributed by atoms with van der Waals surface area (Å²) in [6, 6.07) is 1.75. The lowest BCUT2D eigenvalue weighted by molar-refractivity contribution is -0.123. The summed E-state index contributed by atoms with van der Waals surface area (Å²) in [5.41, 5.74) is 7.36. The lowest BCUT2D eigenvalue weighted by atomic mass is 9.84. The molecule has 1 fully saturated rings. The van der Waals surface area contributed by atoms with Gasteiger partial charge in [0.1, 0.15) is 5.78 Å². The second kappa shape index (κ2) is 5.10. The topological polar surface area (TPSA) is 56.0 Å². The molecule has 2 rings (SSSR count). The Hall–Kier alpha value is -1.38. The maximum atomic E-state index is 12.0. The van der Waals surface area contributed by atoms with Gasteiger partial charge in [-0.1, -0.05) is 19.3 Å². The molecule has 1 saturated carbocycles. The number of anilines is 1. The Bertz CT molecular complexity index is 370. The Morgan fingerprint density at radius 2 is 2.12 bits per heavy atom. The maximum Gasteiger partial charge on any atom is 0.140 e. The third kappa shape index (κ3) is 2.60. The van der Waals surface area contributed by atoms with Crippen LogP contribution in [0.25, 0.3) is 0 Å². The maximum absolute atomic E-state index is 12.0. The van der Waals surface area contributed by atoms with E-state index in [4.69, 9.17) is 5.73 Å². The van der Waals surface area contributed by atoms with Gasteiger partial charge in [0.25, 0.3) is 0 Å². The molecule has 0 bridgehead atoms. The molecule has 0 aliphatic heterocycles. The molecule has 0 unspecified atom stereocenters. The summed E-state index contributed by atoms with van der Waals surface area (Å²) < 4.78 is 0. The van der Waals surface area contributed by atoms with Crippen molar-refractivity contribution in [2.24, 2.45) is 5.92 Å². The van der Waals surface area contributed by atoms with E-state index in [1.807, 2.05) is 0 Å². The van der Waals surface area contributed by atoms with Gasteiger partial charge in [0.05, 0.1) is 0 Å². The van der Waals surface area contributed by atoms with Crippen LogP contribution in [0.3, 0.4) is 0 Å². The summed E-state index contributed by atoms with van der Waals surface area (Å²) in [6.07, 6.45) is 9.58. The fourth-order valence-electron chi connectivity index (χ4n) is 2.34. The monoisotopic (exact) mass is 218 g/mol. The van der Waals surface area contributed by atoms with Crippen molar-refractivity contribution in [1.82, 2.24) is 4.98 Å². The first kappa shape index (κ1) is 11.1. The van der Waals surface area contributed by atoms with Gasteiger partial charge in [0.2, 0.25) is 0 Å². The second-order valence-corrected chi connectivity index (χ2v) is 4.55. The van der Waals surface area contributed by atoms with E-state index < -0.39 is 0 Å². The summed E-state index contributed by atoms with van der Waals surface area (Å²) in [6.45, 7) is 0. The number of aromatic nitrogens is 1. The highest BCUT2D eigenvalue weighted by Crippen LogP contribution is 2.26. The van der Waals surface area contributed by atoms with Gasteiger partial charge < -0.3 is 5.73 Å². The molecule has 1 aromatic rings. The van der Waals surface area contributed by atoms with E-state index in [-0.39, 0.29) is 5.92 Å². The van der Waals surface area contributed by atoms with Crippen LogP contribution in [-0.4, -0.2) is 10.8 Å². The normalized spacial score (nSPS) is 17.2. The van der Waals surface area contributed by atoms with E-state index in [0.29, 0.717) is 17.9 Å². The number of nitrogens with two attached hydrogens (primary N) is 1.